The van der Waals surface area contributed by atoms with Gasteiger partial charge in [-0.15, -0.1) is 0 Å². The SMILES string of the molecule is COC(=O)[C@H](NC(=O)[C@@H]1C[C@@H](O)CN1C(C)=O)C1CCCCC1. The maximum absolute atomic E-state index is 12.6. The number of likely N-dealkylation sites (tertiary alicyclic amines) is 1. The van der Waals surface area contributed by atoms with Crippen LogP contribution < -0.4 is 5.32 Å². The molecule has 2 N–H and O–H groups in total. The molecule has 1 aliphatic carbocycles. The van der Waals surface area contributed by atoms with Gasteiger partial charge in [-0.1, -0.05) is 19.3 Å². The quantitative estimate of drug-likeness (QED) is 0.720. The van der Waals surface area contributed by atoms with E-state index in [0.717, 1.165) is 32.1 Å². The molecule has 23 heavy (non-hydrogen) atoms. The second-order valence-corrected chi connectivity index (χ2v) is 6.48. The Morgan fingerprint density at radius 1 is 1.22 bits per heavy atom. The number of ether oxygens (including phenoxy) is 1. The van der Waals surface area contributed by atoms with Crippen LogP contribution in [-0.4, -0.2) is 59.6 Å². The lowest BCUT2D eigenvalue weighted by atomic mass is 9.83. The molecular formula is C16H26N2O5. The summed E-state index contributed by atoms with van der Waals surface area (Å²) in [6.07, 6.45) is 4.47. The van der Waals surface area contributed by atoms with Crippen molar-refractivity contribution in [1.82, 2.24) is 10.2 Å². The van der Waals surface area contributed by atoms with Crippen LogP contribution in [0.25, 0.3) is 0 Å². The van der Waals surface area contributed by atoms with Gasteiger partial charge in [0.05, 0.1) is 13.2 Å². The van der Waals surface area contributed by atoms with Gasteiger partial charge in [-0.25, -0.2) is 4.79 Å². The Labute approximate surface area is 136 Å². The van der Waals surface area contributed by atoms with E-state index >= 15 is 0 Å². The molecule has 1 saturated heterocycles. The zero-order valence-electron chi connectivity index (χ0n) is 13.8. The first-order valence-corrected chi connectivity index (χ1v) is 8.27. The van der Waals surface area contributed by atoms with Crippen LogP contribution in [0.15, 0.2) is 0 Å². The molecule has 2 rings (SSSR count). The largest absolute Gasteiger partial charge is 0.467 e. The highest BCUT2D eigenvalue weighted by Crippen LogP contribution is 2.27. The number of nitrogens with one attached hydrogen (secondary N) is 1. The Hall–Kier alpha value is -1.63. The number of hydrogen-bond donors (Lipinski definition) is 2. The number of hydrogen-bond acceptors (Lipinski definition) is 5. The molecule has 0 unspecified atom stereocenters. The molecular weight excluding hydrogens is 300 g/mol. The van der Waals surface area contributed by atoms with Crippen LogP contribution in [0.5, 0.6) is 0 Å². The van der Waals surface area contributed by atoms with Crippen molar-refractivity contribution in [3.8, 4) is 0 Å². The molecule has 1 aliphatic heterocycles. The summed E-state index contributed by atoms with van der Waals surface area (Å²) in [5.41, 5.74) is 0. The van der Waals surface area contributed by atoms with Crippen molar-refractivity contribution in [2.24, 2.45) is 5.92 Å². The summed E-state index contributed by atoms with van der Waals surface area (Å²) in [4.78, 5) is 37.6. The van der Waals surface area contributed by atoms with E-state index in [0.29, 0.717) is 0 Å². The number of rotatable bonds is 4. The Morgan fingerprint density at radius 3 is 2.43 bits per heavy atom. The molecule has 2 aliphatic rings. The van der Waals surface area contributed by atoms with Crippen molar-refractivity contribution in [3.63, 3.8) is 0 Å². The van der Waals surface area contributed by atoms with Crippen LogP contribution in [0, 0.1) is 5.92 Å². The summed E-state index contributed by atoms with van der Waals surface area (Å²) < 4.78 is 4.84. The maximum Gasteiger partial charge on any atom is 0.328 e. The molecule has 0 aromatic carbocycles. The van der Waals surface area contributed by atoms with Gasteiger partial charge in [-0.2, -0.15) is 0 Å². The minimum atomic E-state index is -0.724. The molecule has 2 amide bonds. The normalized spacial score (nSPS) is 26.7. The number of β-amino-alcohol motifs (C(OH)–C–C–N with tert-alkyl or cyclic N) is 1. The first-order chi connectivity index (χ1) is 10.9. The number of amides is 2. The number of carbonyl (C=O) groups is 3. The lowest BCUT2D eigenvalue weighted by Gasteiger charge is -2.31. The number of aliphatic hydroxyl groups is 1. The standard InChI is InChI=1S/C16H26N2O5/c1-10(19)18-9-12(20)8-13(18)15(21)17-14(16(22)23-2)11-6-4-3-5-7-11/h11-14,20H,3-9H2,1-2H3,(H,17,21)/t12-,13+,14-/m1/s1. The van der Waals surface area contributed by atoms with Gasteiger partial charge < -0.3 is 20.1 Å². The molecule has 7 heteroatoms. The molecule has 1 heterocycles. The van der Waals surface area contributed by atoms with Crippen LogP contribution >= 0.6 is 0 Å². The van der Waals surface area contributed by atoms with Crippen LogP contribution in [-0.2, 0) is 19.1 Å². The summed E-state index contributed by atoms with van der Waals surface area (Å²) in [7, 11) is 1.31. The number of carbonyl (C=O) groups excluding carboxylic acids is 3. The smallest absolute Gasteiger partial charge is 0.328 e. The van der Waals surface area contributed by atoms with Crippen molar-refractivity contribution in [1.29, 1.82) is 0 Å². The van der Waals surface area contributed by atoms with Crippen molar-refractivity contribution in [2.75, 3.05) is 13.7 Å². The Kier molecular flexibility index (Phi) is 5.98. The molecule has 0 aromatic rings. The highest BCUT2D eigenvalue weighted by molar-refractivity contribution is 5.91. The highest BCUT2D eigenvalue weighted by Gasteiger charge is 2.40. The van der Waals surface area contributed by atoms with Gasteiger partial charge in [0, 0.05) is 19.9 Å². The van der Waals surface area contributed by atoms with E-state index in [1.54, 1.807) is 0 Å². The summed E-state index contributed by atoms with van der Waals surface area (Å²) in [6, 6.07) is -1.41. The topological polar surface area (TPSA) is 95.9 Å². The molecule has 7 nitrogen and oxygen atoms in total. The van der Waals surface area contributed by atoms with Crippen LogP contribution in [0.1, 0.15) is 45.4 Å². The van der Waals surface area contributed by atoms with Gasteiger partial charge in [0.2, 0.25) is 11.8 Å². The monoisotopic (exact) mass is 326 g/mol. The second-order valence-electron chi connectivity index (χ2n) is 6.48. The lowest BCUT2D eigenvalue weighted by Crippen LogP contribution is -2.53. The molecule has 0 radical (unpaired) electrons. The average molecular weight is 326 g/mol. The van der Waals surface area contributed by atoms with Gasteiger partial charge in [0.1, 0.15) is 12.1 Å². The molecule has 2 fully saturated rings. The summed E-state index contributed by atoms with van der Waals surface area (Å²) >= 11 is 0. The van der Waals surface area contributed by atoms with E-state index < -0.39 is 30.1 Å². The van der Waals surface area contributed by atoms with E-state index in [9.17, 15) is 19.5 Å². The van der Waals surface area contributed by atoms with Gasteiger partial charge in [-0.3, -0.25) is 9.59 Å². The third-order valence-electron chi connectivity index (χ3n) is 4.86. The fourth-order valence-electron chi connectivity index (χ4n) is 3.62. The summed E-state index contributed by atoms with van der Waals surface area (Å²) in [5, 5.41) is 12.5. The van der Waals surface area contributed by atoms with Gasteiger partial charge >= 0.3 is 5.97 Å². The lowest BCUT2D eigenvalue weighted by molar-refractivity contribution is -0.148. The predicted octanol–water partition coefficient (Wildman–Crippen LogP) is 0.206. The van der Waals surface area contributed by atoms with Crippen LogP contribution in [0.4, 0.5) is 0 Å². The highest BCUT2D eigenvalue weighted by atomic mass is 16.5. The maximum atomic E-state index is 12.6. The zero-order valence-corrected chi connectivity index (χ0v) is 13.8. The fourth-order valence-corrected chi connectivity index (χ4v) is 3.62. The molecule has 1 saturated carbocycles. The van der Waals surface area contributed by atoms with E-state index in [-0.39, 0.29) is 24.8 Å². The molecule has 0 bridgehead atoms. The Bertz CT molecular complexity index is 461. The average Bonchev–Trinajstić information content (AvgIpc) is 2.95. The molecule has 0 spiro atoms. The Morgan fingerprint density at radius 2 is 1.87 bits per heavy atom. The third kappa shape index (κ3) is 4.22. The minimum Gasteiger partial charge on any atom is -0.467 e. The van der Waals surface area contributed by atoms with Crippen molar-refractivity contribution in [3.05, 3.63) is 0 Å². The van der Waals surface area contributed by atoms with Crippen molar-refractivity contribution >= 4 is 17.8 Å². The van der Waals surface area contributed by atoms with Gasteiger partial charge in [0.25, 0.3) is 0 Å². The Balaban J connectivity index is 2.07. The predicted molar refractivity (Wildman–Crippen MR) is 82.3 cm³/mol. The summed E-state index contributed by atoms with van der Waals surface area (Å²) in [5.74, 6) is -1.03. The van der Waals surface area contributed by atoms with Crippen molar-refractivity contribution in [2.45, 2.75) is 63.6 Å². The molecule has 0 aromatic heterocycles. The molecule has 3 atom stereocenters. The first-order valence-electron chi connectivity index (χ1n) is 8.27. The zero-order chi connectivity index (χ0) is 17.0. The first kappa shape index (κ1) is 17.7. The van der Waals surface area contributed by atoms with Gasteiger partial charge in [-0.05, 0) is 18.8 Å². The summed E-state index contributed by atoms with van der Waals surface area (Å²) in [6.45, 7) is 1.52. The van der Waals surface area contributed by atoms with E-state index in [4.69, 9.17) is 4.74 Å². The van der Waals surface area contributed by atoms with Crippen LogP contribution in [0.3, 0.4) is 0 Å². The number of methoxy groups -OCH3 is 1. The second kappa shape index (κ2) is 7.77. The third-order valence-corrected chi connectivity index (χ3v) is 4.86. The van der Waals surface area contributed by atoms with Crippen LogP contribution in [0.2, 0.25) is 0 Å². The van der Waals surface area contributed by atoms with E-state index in [2.05, 4.69) is 5.32 Å². The van der Waals surface area contributed by atoms with E-state index in [1.807, 2.05) is 0 Å². The number of nitrogens with zero attached hydrogens (tertiary/aromatic N) is 1. The van der Waals surface area contributed by atoms with E-state index in [1.165, 1.54) is 18.9 Å². The number of aliphatic hydroxyl groups excluding tert-OH is 1. The minimum absolute atomic E-state index is 0.0669. The van der Waals surface area contributed by atoms with Crippen molar-refractivity contribution < 1.29 is 24.2 Å². The fraction of sp³-hybridized carbons (Fsp3) is 0.812. The molecule has 130 valence electrons. The number of esters is 1. The van der Waals surface area contributed by atoms with Gasteiger partial charge in [0.15, 0.2) is 0 Å².